The van der Waals surface area contributed by atoms with Crippen molar-refractivity contribution in [2.24, 2.45) is 5.92 Å². The van der Waals surface area contributed by atoms with Gasteiger partial charge in [0.2, 0.25) is 5.78 Å². The molecule has 0 radical (unpaired) electrons. The van der Waals surface area contributed by atoms with Crippen LogP contribution in [0.4, 0.5) is 0 Å². The highest BCUT2D eigenvalue weighted by Gasteiger charge is 2.64. The number of nitrogens with one attached hydrogen (secondary N) is 2. The molecule has 0 bridgehead atoms. The number of hydrogen-bond donors (Lipinski definition) is 2. The van der Waals surface area contributed by atoms with Gasteiger partial charge in [0.1, 0.15) is 0 Å². The van der Waals surface area contributed by atoms with Crippen LogP contribution in [0.2, 0.25) is 0 Å². The Hall–Kier alpha value is -1.51. The summed E-state index contributed by atoms with van der Waals surface area (Å²) >= 11 is 0. The monoisotopic (exact) mass is 200 g/mol. The molecule has 3 aliphatic rings. The molecule has 0 aromatic carbocycles. The maximum Gasteiger partial charge on any atom is 0.204 e. The van der Waals surface area contributed by atoms with E-state index < -0.39 is 0 Å². The summed E-state index contributed by atoms with van der Waals surface area (Å²) in [6, 6.07) is 2.15. The average molecular weight is 200 g/mol. The molecular weight excluding hydrogens is 188 g/mol. The van der Waals surface area contributed by atoms with Crippen molar-refractivity contribution in [2.75, 3.05) is 6.54 Å². The highest BCUT2D eigenvalue weighted by molar-refractivity contribution is 6.07. The van der Waals surface area contributed by atoms with Crippen LogP contribution in [0.5, 0.6) is 0 Å². The molecule has 0 unspecified atom stereocenters. The Balaban J connectivity index is 2.03. The zero-order valence-corrected chi connectivity index (χ0v) is 8.55. The lowest BCUT2D eigenvalue weighted by Gasteiger charge is -2.20. The highest BCUT2D eigenvalue weighted by Crippen LogP contribution is 2.63. The number of ketones is 1. The second-order valence-corrected chi connectivity index (χ2v) is 4.92. The Morgan fingerprint density at radius 3 is 3.20 bits per heavy atom. The van der Waals surface area contributed by atoms with Crippen molar-refractivity contribution in [3.05, 3.63) is 34.8 Å². The molecule has 15 heavy (non-hydrogen) atoms. The molecule has 1 aromatic rings. The van der Waals surface area contributed by atoms with Crippen LogP contribution in [0.25, 0.3) is 0 Å². The highest BCUT2D eigenvalue weighted by atomic mass is 16.1. The van der Waals surface area contributed by atoms with Gasteiger partial charge >= 0.3 is 0 Å². The summed E-state index contributed by atoms with van der Waals surface area (Å²) in [7, 11) is 0. The van der Waals surface area contributed by atoms with E-state index in [0.29, 0.717) is 5.92 Å². The predicted molar refractivity (Wildman–Crippen MR) is 55.7 cm³/mol. The van der Waals surface area contributed by atoms with Gasteiger partial charge in [-0.1, -0.05) is 0 Å². The Labute approximate surface area is 87.6 Å². The fourth-order valence-electron chi connectivity index (χ4n) is 3.29. The van der Waals surface area contributed by atoms with Crippen molar-refractivity contribution in [2.45, 2.75) is 18.8 Å². The molecular formula is C12H12N2O. The Morgan fingerprint density at radius 2 is 2.40 bits per heavy atom. The van der Waals surface area contributed by atoms with Gasteiger partial charge in [-0.3, -0.25) is 4.79 Å². The molecule has 76 valence electrons. The third kappa shape index (κ3) is 0.694. The molecule has 0 amide bonds. The molecule has 2 fully saturated rings. The molecule has 1 aromatic heterocycles. The number of allylic oxidation sites excluding steroid dienone is 2. The van der Waals surface area contributed by atoms with E-state index in [9.17, 15) is 4.79 Å². The minimum Gasteiger partial charge on any atom is -0.387 e. The molecule has 1 saturated carbocycles. The van der Waals surface area contributed by atoms with Crippen LogP contribution in [0.3, 0.4) is 0 Å². The Morgan fingerprint density at radius 1 is 1.53 bits per heavy atom. The van der Waals surface area contributed by atoms with Gasteiger partial charge in [-0.25, -0.2) is 0 Å². The van der Waals surface area contributed by atoms with Crippen LogP contribution in [-0.4, -0.2) is 17.3 Å². The van der Waals surface area contributed by atoms with Crippen LogP contribution >= 0.6 is 0 Å². The lowest BCUT2D eigenvalue weighted by Crippen LogP contribution is -2.24. The minimum absolute atomic E-state index is 0.124. The standard InChI is InChI=1S/C12H12N2O/c1-6-2-8-11(14-6)9(15)3-10-12(8)4-7(12)5-13-10/h2-3,7,13-14H,4-5H2,1H3/t7-,12-/m1/s1. The van der Waals surface area contributed by atoms with Crippen molar-refractivity contribution >= 4 is 5.78 Å². The largest absolute Gasteiger partial charge is 0.387 e. The predicted octanol–water partition coefficient (Wildman–Crippen LogP) is 1.26. The van der Waals surface area contributed by atoms with E-state index in [2.05, 4.69) is 16.4 Å². The van der Waals surface area contributed by atoms with E-state index in [0.717, 1.165) is 23.6 Å². The summed E-state index contributed by atoms with van der Waals surface area (Å²) < 4.78 is 0. The van der Waals surface area contributed by atoms with Crippen molar-refractivity contribution in [1.29, 1.82) is 0 Å². The molecule has 3 heteroatoms. The zero-order chi connectivity index (χ0) is 10.2. The van der Waals surface area contributed by atoms with Crippen LogP contribution in [-0.2, 0) is 5.41 Å². The summed E-state index contributed by atoms with van der Waals surface area (Å²) in [5.41, 5.74) is 4.49. The summed E-state index contributed by atoms with van der Waals surface area (Å²) in [6.07, 6.45) is 2.99. The van der Waals surface area contributed by atoms with Crippen LogP contribution < -0.4 is 5.32 Å². The maximum atomic E-state index is 11.9. The number of aromatic amines is 1. The lowest BCUT2D eigenvalue weighted by atomic mass is 9.86. The molecule has 1 saturated heterocycles. The number of aromatic nitrogens is 1. The van der Waals surface area contributed by atoms with Crippen molar-refractivity contribution in [1.82, 2.24) is 10.3 Å². The maximum absolute atomic E-state index is 11.9. The number of rotatable bonds is 0. The first-order chi connectivity index (χ1) is 7.22. The van der Waals surface area contributed by atoms with Crippen LogP contribution in [0.1, 0.15) is 28.2 Å². The van der Waals surface area contributed by atoms with Crippen molar-refractivity contribution < 1.29 is 4.79 Å². The van der Waals surface area contributed by atoms with Gasteiger partial charge in [0.05, 0.1) is 5.69 Å². The number of hydrogen-bond acceptors (Lipinski definition) is 2. The summed E-state index contributed by atoms with van der Waals surface area (Å²) in [5.74, 6) is 0.838. The van der Waals surface area contributed by atoms with E-state index in [-0.39, 0.29) is 11.2 Å². The van der Waals surface area contributed by atoms with Crippen molar-refractivity contribution in [3.63, 3.8) is 0 Å². The van der Waals surface area contributed by atoms with Gasteiger partial charge < -0.3 is 10.3 Å². The number of H-pyrrole nitrogens is 1. The van der Waals surface area contributed by atoms with E-state index in [4.69, 9.17) is 0 Å². The summed E-state index contributed by atoms with van der Waals surface area (Å²) in [4.78, 5) is 15.0. The minimum atomic E-state index is 0.124. The number of aryl methyl sites for hydroxylation is 1. The first-order valence-corrected chi connectivity index (χ1v) is 5.42. The van der Waals surface area contributed by atoms with Gasteiger partial charge in [0.25, 0.3) is 0 Å². The summed E-state index contributed by atoms with van der Waals surface area (Å²) in [5, 5.41) is 3.36. The number of fused-ring (bicyclic) bond motifs is 1. The topological polar surface area (TPSA) is 44.9 Å². The van der Waals surface area contributed by atoms with Gasteiger partial charge in [-0.05, 0) is 30.9 Å². The SMILES string of the molecule is Cc1cc2c([nH]1)C(=O)C=C1NC[C@H]3C[C@]123. The fraction of sp³-hybridized carbons (Fsp3) is 0.417. The Kier molecular flexibility index (Phi) is 1.05. The zero-order valence-electron chi connectivity index (χ0n) is 8.55. The molecule has 1 aliphatic heterocycles. The molecule has 4 rings (SSSR count). The number of carbonyl (C=O) groups excluding carboxylic acids is 1. The van der Waals surface area contributed by atoms with E-state index in [1.165, 1.54) is 12.0 Å². The number of piperidine rings is 1. The second kappa shape index (κ2) is 2.03. The molecule has 2 atom stereocenters. The molecule has 1 spiro atoms. The van der Waals surface area contributed by atoms with Gasteiger partial charge in [0.15, 0.2) is 0 Å². The first-order valence-electron chi connectivity index (χ1n) is 5.42. The third-order valence-corrected chi connectivity index (χ3v) is 4.08. The quantitative estimate of drug-likeness (QED) is 0.662. The van der Waals surface area contributed by atoms with Gasteiger partial charge in [-0.2, -0.15) is 0 Å². The number of carbonyl (C=O) groups is 1. The van der Waals surface area contributed by atoms with Crippen molar-refractivity contribution in [3.8, 4) is 0 Å². The fourth-order valence-corrected chi connectivity index (χ4v) is 3.29. The van der Waals surface area contributed by atoms with E-state index >= 15 is 0 Å². The molecule has 2 heterocycles. The van der Waals surface area contributed by atoms with E-state index in [1.807, 2.05) is 6.92 Å². The van der Waals surface area contributed by atoms with Gasteiger partial charge in [0, 0.05) is 29.4 Å². The molecule has 3 nitrogen and oxygen atoms in total. The second-order valence-electron chi connectivity index (χ2n) is 4.92. The van der Waals surface area contributed by atoms with Crippen LogP contribution in [0.15, 0.2) is 17.8 Å². The van der Waals surface area contributed by atoms with Crippen LogP contribution in [0, 0.1) is 12.8 Å². The average Bonchev–Trinajstić information content (AvgIpc) is 2.59. The summed E-state index contributed by atoms with van der Waals surface area (Å²) in [6.45, 7) is 3.05. The Bertz CT molecular complexity index is 526. The molecule has 2 aliphatic carbocycles. The van der Waals surface area contributed by atoms with Gasteiger partial charge in [-0.15, -0.1) is 0 Å². The lowest BCUT2D eigenvalue weighted by molar-refractivity contribution is 0.103. The molecule has 2 N–H and O–H groups in total. The smallest absolute Gasteiger partial charge is 0.204 e. The third-order valence-electron chi connectivity index (χ3n) is 4.08. The van der Waals surface area contributed by atoms with E-state index in [1.54, 1.807) is 6.08 Å². The normalized spacial score (nSPS) is 35.1. The first kappa shape index (κ1) is 7.74.